The average molecular weight is 215 g/mol. The first-order chi connectivity index (χ1) is 7.83. The maximum Gasteiger partial charge on any atom is 0.237 e. The van der Waals surface area contributed by atoms with Gasteiger partial charge in [0.25, 0.3) is 0 Å². The molecule has 1 aromatic carbocycles. The Balaban J connectivity index is 2.23. The Kier molecular flexibility index (Phi) is 3.18. The largest absolute Gasteiger partial charge is 0.320 e. The third-order valence-corrected chi connectivity index (χ3v) is 2.68. The number of hydrogen-bond donors (Lipinski definition) is 1. The molecule has 1 amide bonds. The van der Waals surface area contributed by atoms with Crippen LogP contribution in [0.3, 0.4) is 0 Å². The summed E-state index contributed by atoms with van der Waals surface area (Å²) in [6, 6.07) is 11.2. The van der Waals surface area contributed by atoms with E-state index in [0.29, 0.717) is 13.1 Å². The monoisotopic (exact) mass is 215 g/mol. The predicted molar refractivity (Wildman–Crippen MR) is 59.4 cm³/mol. The van der Waals surface area contributed by atoms with Crippen LogP contribution in [0.1, 0.15) is 11.6 Å². The van der Waals surface area contributed by atoms with Crippen LogP contribution >= 0.6 is 0 Å². The Morgan fingerprint density at radius 3 is 2.75 bits per heavy atom. The molecule has 4 heteroatoms. The van der Waals surface area contributed by atoms with E-state index in [1.807, 2.05) is 30.3 Å². The van der Waals surface area contributed by atoms with E-state index in [4.69, 9.17) is 0 Å². The van der Waals surface area contributed by atoms with E-state index in [0.717, 1.165) is 12.1 Å². The zero-order valence-corrected chi connectivity index (χ0v) is 8.89. The zero-order valence-electron chi connectivity index (χ0n) is 8.89. The molecule has 0 radical (unpaired) electrons. The Hall–Kier alpha value is -1.86. The first-order valence-corrected chi connectivity index (χ1v) is 5.27. The SMILES string of the molecule is N#CC(c1ccccc1)N1CCNCC1=O. The molecule has 82 valence electrons. The Morgan fingerprint density at radius 1 is 1.38 bits per heavy atom. The van der Waals surface area contributed by atoms with Crippen LogP contribution < -0.4 is 5.32 Å². The molecule has 0 spiro atoms. The molecule has 2 rings (SSSR count). The molecule has 0 saturated carbocycles. The summed E-state index contributed by atoms with van der Waals surface area (Å²) in [6.07, 6.45) is 0. The molecule has 1 aliphatic heterocycles. The fourth-order valence-corrected chi connectivity index (χ4v) is 1.85. The molecule has 16 heavy (non-hydrogen) atoms. The lowest BCUT2D eigenvalue weighted by Crippen LogP contribution is -2.49. The second kappa shape index (κ2) is 4.77. The van der Waals surface area contributed by atoms with Gasteiger partial charge in [-0.15, -0.1) is 0 Å². The van der Waals surface area contributed by atoms with Crippen LogP contribution in [0, 0.1) is 11.3 Å². The molecule has 4 nitrogen and oxygen atoms in total. The zero-order chi connectivity index (χ0) is 11.4. The first-order valence-electron chi connectivity index (χ1n) is 5.27. The summed E-state index contributed by atoms with van der Waals surface area (Å²) in [5, 5.41) is 12.2. The van der Waals surface area contributed by atoms with Gasteiger partial charge in [-0.1, -0.05) is 30.3 Å². The van der Waals surface area contributed by atoms with Gasteiger partial charge >= 0.3 is 0 Å². The highest BCUT2D eigenvalue weighted by molar-refractivity contribution is 5.79. The van der Waals surface area contributed by atoms with E-state index in [9.17, 15) is 10.1 Å². The fraction of sp³-hybridized carbons (Fsp3) is 0.333. The van der Waals surface area contributed by atoms with Crippen LogP contribution in [0.15, 0.2) is 30.3 Å². The van der Waals surface area contributed by atoms with Gasteiger partial charge in [-0.05, 0) is 5.56 Å². The van der Waals surface area contributed by atoms with Crippen molar-refractivity contribution in [2.45, 2.75) is 6.04 Å². The first kappa shape index (κ1) is 10.7. The molecule has 1 fully saturated rings. The van der Waals surface area contributed by atoms with Gasteiger partial charge in [0.1, 0.15) is 6.04 Å². The number of nitrogens with one attached hydrogen (secondary N) is 1. The van der Waals surface area contributed by atoms with Crippen molar-refractivity contribution in [2.75, 3.05) is 19.6 Å². The molecule has 0 bridgehead atoms. The predicted octanol–water partition coefficient (Wildman–Crippen LogP) is 0.683. The highest BCUT2D eigenvalue weighted by Crippen LogP contribution is 2.20. The van der Waals surface area contributed by atoms with E-state index in [2.05, 4.69) is 11.4 Å². The van der Waals surface area contributed by atoms with Gasteiger partial charge in [0.05, 0.1) is 12.6 Å². The number of piperazine rings is 1. The van der Waals surface area contributed by atoms with E-state index >= 15 is 0 Å². The number of benzene rings is 1. The minimum absolute atomic E-state index is 0.0124. The summed E-state index contributed by atoms with van der Waals surface area (Å²) >= 11 is 0. The average Bonchev–Trinajstić information content (AvgIpc) is 2.34. The number of rotatable bonds is 2. The third kappa shape index (κ3) is 2.05. The van der Waals surface area contributed by atoms with Gasteiger partial charge < -0.3 is 10.2 Å². The molecule has 0 aliphatic carbocycles. The lowest BCUT2D eigenvalue weighted by atomic mass is 10.1. The van der Waals surface area contributed by atoms with E-state index in [-0.39, 0.29) is 5.91 Å². The third-order valence-electron chi connectivity index (χ3n) is 2.68. The van der Waals surface area contributed by atoms with Gasteiger partial charge in [-0.2, -0.15) is 5.26 Å². The summed E-state index contributed by atoms with van der Waals surface area (Å²) in [6.45, 7) is 1.66. The van der Waals surface area contributed by atoms with E-state index in [1.165, 1.54) is 0 Å². The molecule has 1 aromatic rings. The van der Waals surface area contributed by atoms with Crippen LogP contribution in [0.4, 0.5) is 0 Å². The van der Waals surface area contributed by atoms with Gasteiger partial charge in [0.15, 0.2) is 0 Å². The van der Waals surface area contributed by atoms with Crippen molar-refractivity contribution in [2.24, 2.45) is 0 Å². The lowest BCUT2D eigenvalue weighted by Gasteiger charge is -2.31. The summed E-state index contributed by atoms with van der Waals surface area (Å²) in [4.78, 5) is 13.3. The Morgan fingerprint density at radius 2 is 2.12 bits per heavy atom. The van der Waals surface area contributed by atoms with Gasteiger partial charge in [-0.25, -0.2) is 0 Å². The number of hydrogen-bond acceptors (Lipinski definition) is 3. The van der Waals surface area contributed by atoms with Crippen molar-refractivity contribution in [3.05, 3.63) is 35.9 Å². The maximum atomic E-state index is 11.7. The molecule has 1 unspecified atom stereocenters. The van der Waals surface area contributed by atoms with Crippen molar-refractivity contribution in [3.8, 4) is 6.07 Å². The Bertz CT molecular complexity index is 410. The van der Waals surface area contributed by atoms with Gasteiger partial charge in [0.2, 0.25) is 5.91 Å². The number of amides is 1. The van der Waals surface area contributed by atoms with Crippen LogP contribution in [0.25, 0.3) is 0 Å². The van der Waals surface area contributed by atoms with E-state index < -0.39 is 6.04 Å². The van der Waals surface area contributed by atoms with Crippen LogP contribution in [-0.4, -0.2) is 30.4 Å². The second-order valence-electron chi connectivity index (χ2n) is 3.71. The fourth-order valence-electron chi connectivity index (χ4n) is 1.85. The highest BCUT2D eigenvalue weighted by atomic mass is 16.2. The summed E-state index contributed by atoms with van der Waals surface area (Å²) < 4.78 is 0. The highest BCUT2D eigenvalue weighted by Gasteiger charge is 2.26. The lowest BCUT2D eigenvalue weighted by molar-refractivity contribution is -0.133. The molecule has 1 N–H and O–H groups in total. The topological polar surface area (TPSA) is 56.1 Å². The molecule has 1 saturated heterocycles. The number of nitrogens with zero attached hydrogens (tertiary/aromatic N) is 2. The number of carbonyl (C=O) groups is 1. The number of carbonyl (C=O) groups excluding carboxylic acids is 1. The van der Waals surface area contributed by atoms with Gasteiger partial charge in [-0.3, -0.25) is 4.79 Å². The quantitative estimate of drug-likeness (QED) is 0.789. The molecule has 0 aromatic heterocycles. The van der Waals surface area contributed by atoms with Gasteiger partial charge in [0, 0.05) is 13.1 Å². The smallest absolute Gasteiger partial charge is 0.237 e. The van der Waals surface area contributed by atoms with Crippen molar-refractivity contribution in [3.63, 3.8) is 0 Å². The molecule has 1 aliphatic rings. The minimum Gasteiger partial charge on any atom is -0.320 e. The minimum atomic E-state index is -0.462. The number of nitriles is 1. The van der Waals surface area contributed by atoms with Crippen molar-refractivity contribution in [1.82, 2.24) is 10.2 Å². The second-order valence-corrected chi connectivity index (χ2v) is 3.71. The van der Waals surface area contributed by atoms with Crippen LogP contribution in [-0.2, 0) is 4.79 Å². The van der Waals surface area contributed by atoms with Crippen molar-refractivity contribution < 1.29 is 4.79 Å². The van der Waals surface area contributed by atoms with Crippen LogP contribution in [0.5, 0.6) is 0 Å². The summed E-state index contributed by atoms with van der Waals surface area (Å²) in [5.74, 6) is -0.0124. The standard InChI is InChI=1S/C12H13N3O/c13-8-11(10-4-2-1-3-5-10)15-7-6-14-9-12(15)16/h1-5,11,14H,6-7,9H2. The van der Waals surface area contributed by atoms with Crippen molar-refractivity contribution >= 4 is 5.91 Å². The van der Waals surface area contributed by atoms with Crippen molar-refractivity contribution in [1.29, 1.82) is 5.26 Å². The maximum absolute atomic E-state index is 11.7. The summed E-state index contributed by atoms with van der Waals surface area (Å²) in [7, 11) is 0. The summed E-state index contributed by atoms with van der Waals surface area (Å²) in [5.41, 5.74) is 0.875. The molecular formula is C12H13N3O. The van der Waals surface area contributed by atoms with Crippen LogP contribution in [0.2, 0.25) is 0 Å². The molecular weight excluding hydrogens is 202 g/mol. The molecule has 1 atom stereocenters. The normalized spacial score (nSPS) is 17.9. The molecule has 1 heterocycles. The van der Waals surface area contributed by atoms with E-state index in [1.54, 1.807) is 4.90 Å². The Labute approximate surface area is 94.5 Å².